The van der Waals surface area contributed by atoms with Crippen molar-refractivity contribution in [2.24, 2.45) is 11.8 Å². The topological polar surface area (TPSA) is 95.8 Å². The van der Waals surface area contributed by atoms with Gasteiger partial charge in [-0.05, 0) is 49.9 Å². The van der Waals surface area contributed by atoms with E-state index < -0.39 is 4.92 Å². The summed E-state index contributed by atoms with van der Waals surface area (Å²) in [6.07, 6.45) is 2.91. The Labute approximate surface area is 165 Å². The zero-order chi connectivity index (χ0) is 20.1. The molecule has 152 valence electrons. The van der Waals surface area contributed by atoms with Crippen molar-refractivity contribution >= 4 is 17.5 Å². The maximum Gasteiger partial charge on any atom is 0.269 e. The number of non-ortho nitro benzene ring substituents is 1. The first kappa shape index (κ1) is 20.3. The lowest BCUT2D eigenvalue weighted by Crippen LogP contribution is -2.51. The quantitative estimate of drug-likeness (QED) is 0.614. The van der Waals surface area contributed by atoms with Gasteiger partial charge >= 0.3 is 0 Å². The van der Waals surface area contributed by atoms with Crippen molar-refractivity contribution in [2.75, 3.05) is 39.3 Å². The molecule has 2 aliphatic rings. The Morgan fingerprint density at radius 2 is 1.82 bits per heavy atom. The van der Waals surface area contributed by atoms with Crippen LogP contribution in [0.1, 0.15) is 36.5 Å². The van der Waals surface area contributed by atoms with E-state index in [0.717, 1.165) is 13.1 Å². The van der Waals surface area contributed by atoms with Gasteiger partial charge in [-0.15, -0.1) is 0 Å². The first-order chi connectivity index (χ1) is 13.5. The molecule has 2 aliphatic heterocycles. The second kappa shape index (κ2) is 9.14. The van der Waals surface area contributed by atoms with E-state index in [1.54, 1.807) is 4.90 Å². The number of hydrogen-bond donors (Lipinski definition) is 1. The van der Waals surface area contributed by atoms with Gasteiger partial charge in [0.15, 0.2) is 0 Å². The van der Waals surface area contributed by atoms with Crippen molar-refractivity contribution < 1.29 is 14.5 Å². The number of carbonyl (C=O) groups is 2. The van der Waals surface area contributed by atoms with E-state index in [1.165, 1.54) is 37.1 Å². The summed E-state index contributed by atoms with van der Waals surface area (Å²) in [5.74, 6) is 0.937. The molecule has 0 aromatic heterocycles. The fourth-order valence-electron chi connectivity index (χ4n) is 4.00. The number of piperidine rings is 1. The summed E-state index contributed by atoms with van der Waals surface area (Å²) < 4.78 is 0. The van der Waals surface area contributed by atoms with Crippen LogP contribution in [0.15, 0.2) is 24.3 Å². The highest BCUT2D eigenvalue weighted by Crippen LogP contribution is 2.23. The first-order valence-electron chi connectivity index (χ1n) is 9.98. The second-order valence-electron chi connectivity index (χ2n) is 7.76. The molecular weight excluding hydrogens is 360 g/mol. The Morgan fingerprint density at radius 1 is 1.18 bits per heavy atom. The average molecular weight is 388 g/mol. The average Bonchev–Trinajstić information content (AvgIpc) is 2.74. The number of benzene rings is 1. The summed E-state index contributed by atoms with van der Waals surface area (Å²) in [5, 5.41) is 14.1. The number of hydrogen-bond acceptors (Lipinski definition) is 5. The molecule has 1 aromatic carbocycles. The van der Waals surface area contributed by atoms with E-state index in [-0.39, 0.29) is 17.5 Å². The van der Waals surface area contributed by atoms with Crippen LogP contribution in [-0.2, 0) is 4.79 Å². The zero-order valence-electron chi connectivity index (χ0n) is 16.3. The molecule has 2 saturated heterocycles. The lowest BCUT2D eigenvalue weighted by molar-refractivity contribution is -0.384. The molecule has 2 amide bonds. The number of piperazine rings is 1. The largest absolute Gasteiger partial charge is 0.339 e. The van der Waals surface area contributed by atoms with Gasteiger partial charge in [0.1, 0.15) is 0 Å². The third-order valence-corrected chi connectivity index (χ3v) is 5.88. The molecule has 2 fully saturated rings. The van der Waals surface area contributed by atoms with Crippen molar-refractivity contribution in [3.05, 3.63) is 39.9 Å². The fourth-order valence-corrected chi connectivity index (χ4v) is 4.00. The summed E-state index contributed by atoms with van der Waals surface area (Å²) in [5.41, 5.74) is 0.401. The third-order valence-electron chi connectivity index (χ3n) is 5.88. The monoisotopic (exact) mass is 388 g/mol. The molecule has 1 aromatic rings. The van der Waals surface area contributed by atoms with Crippen LogP contribution in [-0.4, -0.2) is 65.8 Å². The number of nitrogens with one attached hydrogen (secondary N) is 1. The Kier molecular flexibility index (Phi) is 6.61. The summed E-state index contributed by atoms with van der Waals surface area (Å²) in [6, 6.07) is 5.65. The highest BCUT2D eigenvalue weighted by molar-refractivity contribution is 5.94. The molecule has 0 radical (unpaired) electrons. The van der Waals surface area contributed by atoms with Crippen molar-refractivity contribution in [1.29, 1.82) is 0 Å². The molecule has 0 spiro atoms. The SMILES string of the molecule is CC(CC(=O)N1CCN(C(=O)c2ccc([N+](=O)[O-])cc2)CC1)C1CCCNC1. The lowest BCUT2D eigenvalue weighted by Gasteiger charge is -2.36. The molecule has 2 atom stereocenters. The molecule has 1 N–H and O–H groups in total. The van der Waals surface area contributed by atoms with Gasteiger partial charge in [0.2, 0.25) is 5.91 Å². The summed E-state index contributed by atoms with van der Waals surface area (Å²) in [7, 11) is 0. The molecule has 2 heterocycles. The van der Waals surface area contributed by atoms with Crippen molar-refractivity contribution in [3.8, 4) is 0 Å². The van der Waals surface area contributed by atoms with E-state index in [0.29, 0.717) is 50.0 Å². The standard InChI is InChI=1S/C20H28N4O4/c1-15(17-3-2-8-21-14-17)13-19(25)22-9-11-23(12-10-22)20(26)16-4-6-18(7-5-16)24(27)28/h4-7,15,17,21H,2-3,8-14H2,1H3. The van der Waals surface area contributed by atoms with Gasteiger partial charge in [0.05, 0.1) is 4.92 Å². The van der Waals surface area contributed by atoms with Crippen LogP contribution < -0.4 is 5.32 Å². The summed E-state index contributed by atoms with van der Waals surface area (Å²) in [4.78, 5) is 39.0. The van der Waals surface area contributed by atoms with Crippen molar-refractivity contribution in [3.63, 3.8) is 0 Å². The van der Waals surface area contributed by atoms with E-state index in [9.17, 15) is 19.7 Å². The fraction of sp³-hybridized carbons (Fsp3) is 0.600. The van der Waals surface area contributed by atoms with E-state index >= 15 is 0 Å². The maximum absolute atomic E-state index is 12.6. The van der Waals surface area contributed by atoms with Crippen LogP contribution in [0, 0.1) is 22.0 Å². The highest BCUT2D eigenvalue weighted by atomic mass is 16.6. The third kappa shape index (κ3) is 4.86. The van der Waals surface area contributed by atoms with Gasteiger partial charge in [-0.25, -0.2) is 0 Å². The number of nitro groups is 1. The first-order valence-corrected chi connectivity index (χ1v) is 9.98. The van der Waals surface area contributed by atoms with Crippen LogP contribution >= 0.6 is 0 Å². The molecule has 2 unspecified atom stereocenters. The van der Waals surface area contributed by atoms with Gasteiger partial charge < -0.3 is 15.1 Å². The van der Waals surface area contributed by atoms with Crippen LogP contribution in [0.3, 0.4) is 0 Å². The number of nitrogens with zero attached hydrogens (tertiary/aromatic N) is 3. The van der Waals surface area contributed by atoms with E-state index in [1.807, 2.05) is 4.90 Å². The number of amides is 2. The van der Waals surface area contributed by atoms with Gasteiger partial charge in [-0.1, -0.05) is 6.92 Å². The minimum Gasteiger partial charge on any atom is -0.339 e. The van der Waals surface area contributed by atoms with Gasteiger partial charge in [0, 0.05) is 50.3 Å². The Morgan fingerprint density at radius 3 is 2.39 bits per heavy atom. The van der Waals surface area contributed by atoms with Crippen molar-refractivity contribution in [2.45, 2.75) is 26.2 Å². The van der Waals surface area contributed by atoms with E-state index in [2.05, 4.69) is 12.2 Å². The predicted octanol–water partition coefficient (Wildman–Crippen LogP) is 1.90. The summed E-state index contributed by atoms with van der Waals surface area (Å²) >= 11 is 0. The van der Waals surface area contributed by atoms with Gasteiger partial charge in [-0.3, -0.25) is 19.7 Å². The Hall–Kier alpha value is -2.48. The molecule has 8 heteroatoms. The lowest BCUT2D eigenvalue weighted by atomic mass is 9.85. The smallest absolute Gasteiger partial charge is 0.269 e. The number of carbonyl (C=O) groups excluding carboxylic acids is 2. The number of nitro benzene ring substituents is 1. The molecule has 0 saturated carbocycles. The Balaban J connectivity index is 1.48. The summed E-state index contributed by atoms with van der Waals surface area (Å²) in [6.45, 7) is 6.26. The minimum absolute atomic E-state index is 0.0331. The van der Waals surface area contributed by atoms with Gasteiger partial charge in [-0.2, -0.15) is 0 Å². The van der Waals surface area contributed by atoms with E-state index in [4.69, 9.17) is 0 Å². The van der Waals surface area contributed by atoms with Crippen LogP contribution in [0.2, 0.25) is 0 Å². The zero-order valence-corrected chi connectivity index (χ0v) is 16.3. The molecule has 8 nitrogen and oxygen atoms in total. The Bertz CT molecular complexity index is 707. The molecular formula is C20H28N4O4. The van der Waals surface area contributed by atoms with Crippen molar-refractivity contribution in [1.82, 2.24) is 15.1 Å². The highest BCUT2D eigenvalue weighted by Gasteiger charge is 2.28. The minimum atomic E-state index is -0.483. The molecule has 28 heavy (non-hydrogen) atoms. The van der Waals surface area contributed by atoms with Crippen LogP contribution in [0.4, 0.5) is 5.69 Å². The van der Waals surface area contributed by atoms with Crippen LogP contribution in [0.25, 0.3) is 0 Å². The molecule has 0 aliphatic carbocycles. The van der Waals surface area contributed by atoms with Crippen LogP contribution in [0.5, 0.6) is 0 Å². The number of rotatable bonds is 5. The molecule has 3 rings (SSSR count). The molecule has 0 bridgehead atoms. The maximum atomic E-state index is 12.6. The van der Waals surface area contributed by atoms with Gasteiger partial charge in [0.25, 0.3) is 11.6 Å². The normalized spacial score (nSPS) is 21.2. The second-order valence-corrected chi connectivity index (χ2v) is 7.76. The predicted molar refractivity (Wildman–Crippen MR) is 105 cm³/mol.